The minimum atomic E-state index is -1.06. The normalized spacial score (nSPS) is 15.8. The molecule has 1 aliphatic heterocycles. The van der Waals surface area contributed by atoms with E-state index in [1.54, 1.807) is 11.9 Å². The van der Waals surface area contributed by atoms with Crippen molar-refractivity contribution in [2.75, 3.05) is 33.3 Å². The maximum absolute atomic E-state index is 11.5. The van der Waals surface area contributed by atoms with Crippen LogP contribution in [-0.4, -0.2) is 61.3 Å². The number of para-hydroxylation sites is 2. The monoisotopic (exact) mass is 330 g/mol. The van der Waals surface area contributed by atoms with E-state index in [-0.39, 0.29) is 37.5 Å². The second-order valence-electron chi connectivity index (χ2n) is 4.86. The average Bonchev–Trinajstić information content (AvgIpc) is 2.45. The number of carboxylic acid groups (broad SMARTS) is 1. The second kappa shape index (κ2) is 8.45. The van der Waals surface area contributed by atoms with Crippen LogP contribution in [0.2, 0.25) is 0 Å². The molecule has 122 valence electrons. The van der Waals surface area contributed by atoms with E-state index < -0.39 is 5.97 Å². The van der Waals surface area contributed by atoms with E-state index in [0.717, 1.165) is 5.75 Å². The van der Waals surface area contributed by atoms with E-state index in [0.29, 0.717) is 18.9 Å². The molecule has 0 spiro atoms. The van der Waals surface area contributed by atoms with Crippen LogP contribution in [0.15, 0.2) is 24.3 Å². The van der Waals surface area contributed by atoms with Gasteiger partial charge in [0, 0.05) is 6.54 Å². The van der Waals surface area contributed by atoms with Gasteiger partial charge < -0.3 is 19.9 Å². The van der Waals surface area contributed by atoms with Crippen molar-refractivity contribution in [1.29, 1.82) is 0 Å². The van der Waals surface area contributed by atoms with Gasteiger partial charge in [-0.1, -0.05) is 12.1 Å². The van der Waals surface area contributed by atoms with Gasteiger partial charge in [-0.15, -0.1) is 12.4 Å². The molecule has 22 heavy (non-hydrogen) atoms. The number of nitrogens with one attached hydrogen (secondary N) is 1. The van der Waals surface area contributed by atoms with Crippen LogP contribution in [0.3, 0.4) is 0 Å². The van der Waals surface area contributed by atoms with Gasteiger partial charge in [0.25, 0.3) is 0 Å². The Labute approximate surface area is 134 Å². The third-order valence-corrected chi connectivity index (χ3v) is 2.93. The number of aliphatic carboxylic acids is 1. The second-order valence-corrected chi connectivity index (χ2v) is 4.86. The lowest BCUT2D eigenvalue weighted by Crippen LogP contribution is -2.44. The number of benzene rings is 1. The summed E-state index contributed by atoms with van der Waals surface area (Å²) < 4.78 is 11.4. The minimum Gasteiger partial charge on any atom is -0.486 e. The number of rotatable bonds is 6. The molecule has 1 amide bonds. The smallest absolute Gasteiger partial charge is 0.322 e. The summed E-state index contributed by atoms with van der Waals surface area (Å²) in [5, 5.41) is 10.8. The number of amides is 1. The average molecular weight is 331 g/mol. The summed E-state index contributed by atoms with van der Waals surface area (Å²) in [4.78, 5) is 23.6. The molecule has 0 saturated heterocycles. The van der Waals surface area contributed by atoms with Crippen LogP contribution in [0.1, 0.15) is 0 Å². The van der Waals surface area contributed by atoms with Gasteiger partial charge in [-0.2, -0.15) is 0 Å². The maximum Gasteiger partial charge on any atom is 0.322 e. The first-order valence-electron chi connectivity index (χ1n) is 6.60. The number of hydrogen-bond donors (Lipinski definition) is 2. The predicted octanol–water partition coefficient (Wildman–Crippen LogP) is 0.381. The molecule has 1 unspecified atom stereocenters. The highest BCUT2D eigenvalue weighted by molar-refractivity contribution is 5.85. The van der Waals surface area contributed by atoms with Crippen LogP contribution in [0.5, 0.6) is 11.5 Å². The summed E-state index contributed by atoms with van der Waals surface area (Å²) in [6, 6.07) is 7.42. The third kappa shape index (κ3) is 5.42. The van der Waals surface area contributed by atoms with Crippen molar-refractivity contribution in [3.63, 3.8) is 0 Å². The molecule has 0 radical (unpaired) electrons. The van der Waals surface area contributed by atoms with E-state index in [1.807, 2.05) is 24.3 Å². The molecule has 0 aromatic heterocycles. The number of halogens is 1. The number of ether oxygens (including phenoxy) is 2. The van der Waals surface area contributed by atoms with Gasteiger partial charge in [0.15, 0.2) is 11.5 Å². The number of fused-ring (bicyclic) bond motifs is 1. The summed E-state index contributed by atoms with van der Waals surface area (Å²) in [6.07, 6.45) is -0.169. The molecule has 1 aromatic rings. The van der Waals surface area contributed by atoms with Crippen LogP contribution < -0.4 is 14.8 Å². The summed E-state index contributed by atoms with van der Waals surface area (Å²) >= 11 is 0. The highest BCUT2D eigenvalue weighted by Crippen LogP contribution is 2.30. The SMILES string of the molecule is CN(CC(=O)NCC(=O)O)CC1COc2ccccc2O1.Cl. The van der Waals surface area contributed by atoms with Crippen LogP contribution in [0, 0.1) is 0 Å². The lowest BCUT2D eigenvalue weighted by atomic mass is 10.2. The Morgan fingerprint density at radius 3 is 2.73 bits per heavy atom. The standard InChI is InChI=1S/C14H18N2O5.ClH/c1-16(8-13(17)15-6-14(18)19)7-10-9-20-11-4-2-3-5-12(11)21-10;/h2-5,10H,6-9H2,1H3,(H,15,17)(H,18,19);1H. The number of nitrogens with zero attached hydrogens (tertiary/aromatic N) is 1. The fourth-order valence-electron chi connectivity index (χ4n) is 2.04. The van der Waals surface area contributed by atoms with E-state index in [1.165, 1.54) is 0 Å². The third-order valence-electron chi connectivity index (χ3n) is 2.93. The Morgan fingerprint density at radius 2 is 2.05 bits per heavy atom. The summed E-state index contributed by atoms with van der Waals surface area (Å²) in [7, 11) is 1.77. The van der Waals surface area contributed by atoms with Crippen LogP contribution in [0.4, 0.5) is 0 Å². The fraction of sp³-hybridized carbons (Fsp3) is 0.429. The Kier molecular flexibility index (Phi) is 6.94. The Balaban J connectivity index is 0.00000242. The van der Waals surface area contributed by atoms with E-state index in [9.17, 15) is 9.59 Å². The quantitative estimate of drug-likeness (QED) is 0.784. The molecule has 1 aliphatic rings. The zero-order chi connectivity index (χ0) is 15.2. The molecule has 2 rings (SSSR count). The highest BCUT2D eigenvalue weighted by Gasteiger charge is 2.22. The van der Waals surface area contributed by atoms with Crippen molar-refractivity contribution in [3.05, 3.63) is 24.3 Å². The Hall–Kier alpha value is -1.99. The predicted molar refractivity (Wildman–Crippen MR) is 81.7 cm³/mol. The number of carbonyl (C=O) groups excluding carboxylic acids is 1. The Bertz CT molecular complexity index is 526. The van der Waals surface area contributed by atoms with Gasteiger partial charge in [0.05, 0.1) is 6.54 Å². The molecule has 1 aromatic carbocycles. The van der Waals surface area contributed by atoms with Gasteiger partial charge in [0.2, 0.25) is 5.91 Å². The molecular weight excluding hydrogens is 312 g/mol. The number of carboxylic acids is 1. The molecule has 0 saturated carbocycles. The molecule has 7 nitrogen and oxygen atoms in total. The fourth-order valence-corrected chi connectivity index (χ4v) is 2.04. The highest BCUT2D eigenvalue weighted by atomic mass is 35.5. The van der Waals surface area contributed by atoms with Crippen molar-refractivity contribution in [3.8, 4) is 11.5 Å². The van der Waals surface area contributed by atoms with E-state index >= 15 is 0 Å². The molecule has 0 fully saturated rings. The van der Waals surface area contributed by atoms with Crippen LogP contribution >= 0.6 is 12.4 Å². The molecule has 0 bridgehead atoms. The largest absolute Gasteiger partial charge is 0.486 e. The van der Waals surface area contributed by atoms with Crippen LogP contribution in [-0.2, 0) is 9.59 Å². The first-order valence-corrected chi connectivity index (χ1v) is 6.60. The van der Waals surface area contributed by atoms with E-state index in [2.05, 4.69) is 5.32 Å². The van der Waals surface area contributed by atoms with Gasteiger partial charge in [0.1, 0.15) is 19.3 Å². The van der Waals surface area contributed by atoms with Crippen molar-refractivity contribution in [2.24, 2.45) is 0 Å². The molecule has 1 atom stereocenters. The van der Waals surface area contributed by atoms with Gasteiger partial charge in [-0.25, -0.2) is 0 Å². The zero-order valence-corrected chi connectivity index (χ0v) is 13.0. The number of hydrogen-bond acceptors (Lipinski definition) is 5. The first kappa shape index (κ1) is 18.1. The summed E-state index contributed by atoms with van der Waals surface area (Å²) in [6.45, 7) is 0.658. The number of likely N-dealkylation sites (N-methyl/N-ethyl adjacent to an activating group) is 1. The van der Waals surface area contributed by atoms with Crippen LogP contribution in [0.25, 0.3) is 0 Å². The lowest BCUT2D eigenvalue weighted by molar-refractivity contribution is -0.138. The molecule has 1 heterocycles. The molecule has 0 aliphatic carbocycles. The Morgan fingerprint density at radius 1 is 1.36 bits per heavy atom. The molecular formula is C14H19ClN2O5. The lowest BCUT2D eigenvalue weighted by Gasteiger charge is -2.29. The minimum absolute atomic E-state index is 0. The van der Waals surface area contributed by atoms with Crippen molar-refractivity contribution in [2.45, 2.75) is 6.10 Å². The summed E-state index contributed by atoms with van der Waals surface area (Å²) in [5.41, 5.74) is 0. The van der Waals surface area contributed by atoms with E-state index in [4.69, 9.17) is 14.6 Å². The van der Waals surface area contributed by atoms with Gasteiger partial charge in [-0.3, -0.25) is 14.5 Å². The topological polar surface area (TPSA) is 88.1 Å². The maximum atomic E-state index is 11.5. The zero-order valence-electron chi connectivity index (χ0n) is 12.2. The summed E-state index contributed by atoms with van der Waals surface area (Å²) in [5.74, 6) is 0.0109. The van der Waals surface area contributed by atoms with Crippen molar-refractivity contribution < 1.29 is 24.2 Å². The van der Waals surface area contributed by atoms with Gasteiger partial charge in [-0.05, 0) is 19.2 Å². The van der Waals surface area contributed by atoms with Gasteiger partial charge >= 0.3 is 5.97 Å². The molecule has 8 heteroatoms. The first-order chi connectivity index (χ1) is 10.0. The van der Waals surface area contributed by atoms with Crippen molar-refractivity contribution in [1.82, 2.24) is 10.2 Å². The molecule has 2 N–H and O–H groups in total. The van der Waals surface area contributed by atoms with Crippen molar-refractivity contribution >= 4 is 24.3 Å². The number of carbonyl (C=O) groups is 2.